The number of aromatic nitrogens is 1. The van der Waals surface area contributed by atoms with E-state index in [-0.39, 0.29) is 21.6 Å². The van der Waals surface area contributed by atoms with Crippen molar-refractivity contribution in [2.75, 3.05) is 7.05 Å². The molecule has 3 nitrogen and oxygen atoms in total. The molecule has 0 aromatic carbocycles. The molecular formula is C8H5Cl3FN3. The van der Waals surface area contributed by atoms with E-state index in [1.54, 1.807) is 0 Å². The molecule has 0 N–H and O–H groups in total. The van der Waals surface area contributed by atoms with Crippen LogP contribution in [0.2, 0.25) is 5.15 Å². The first-order chi connectivity index (χ1) is 7.11. The van der Waals surface area contributed by atoms with E-state index < -0.39 is 5.82 Å². The molecule has 0 aliphatic carbocycles. The van der Waals surface area contributed by atoms with Crippen LogP contribution in [0.1, 0.15) is 5.56 Å². The van der Waals surface area contributed by atoms with Gasteiger partial charge in [0.2, 0.25) is 0 Å². The van der Waals surface area contributed by atoms with Crippen molar-refractivity contribution in [3.63, 3.8) is 0 Å². The number of aliphatic imine (C=N–C) groups is 2. The zero-order valence-electron chi connectivity index (χ0n) is 7.51. The van der Waals surface area contributed by atoms with Gasteiger partial charge in [-0.05, 0) is 0 Å². The third-order valence-corrected chi connectivity index (χ3v) is 2.28. The Balaban J connectivity index is 3.46. The summed E-state index contributed by atoms with van der Waals surface area (Å²) in [5.41, 5.74) is 1.07. The Morgan fingerprint density at radius 1 is 1.60 bits per heavy atom. The summed E-state index contributed by atoms with van der Waals surface area (Å²) < 4.78 is 13.5. The van der Waals surface area contributed by atoms with Gasteiger partial charge in [0.15, 0.2) is 11.0 Å². The predicted molar refractivity (Wildman–Crippen MR) is 61.5 cm³/mol. The van der Waals surface area contributed by atoms with Crippen LogP contribution in [-0.4, -0.2) is 22.9 Å². The largest absolute Gasteiger partial charge is 0.276 e. The molecule has 0 aliphatic heterocycles. The molecule has 0 bridgehead atoms. The van der Waals surface area contributed by atoms with E-state index in [2.05, 4.69) is 15.0 Å². The molecule has 7 heteroatoms. The zero-order chi connectivity index (χ0) is 11.4. The summed E-state index contributed by atoms with van der Waals surface area (Å²) in [7, 11) is 1.46. The van der Waals surface area contributed by atoms with Gasteiger partial charge in [0.1, 0.15) is 10.9 Å². The van der Waals surface area contributed by atoms with Gasteiger partial charge < -0.3 is 0 Å². The molecule has 0 saturated heterocycles. The Bertz CT molecular complexity index is 431. The van der Waals surface area contributed by atoms with E-state index in [1.165, 1.54) is 13.2 Å². The first-order valence-corrected chi connectivity index (χ1v) is 4.90. The molecular weight excluding hydrogens is 263 g/mol. The fourth-order valence-corrected chi connectivity index (χ4v) is 1.28. The molecule has 1 aromatic heterocycles. The standard InChI is InChI=1S/C8H5Cl3FN3/c1-13-7(10)4-2-14-8(11)5(12)6(4)15-3-9/h2-3H,1H3/b13-7+,15-3+. The van der Waals surface area contributed by atoms with Crippen LogP contribution in [0, 0.1) is 5.82 Å². The Morgan fingerprint density at radius 2 is 2.27 bits per heavy atom. The van der Waals surface area contributed by atoms with E-state index in [0.717, 1.165) is 5.67 Å². The third kappa shape index (κ3) is 2.65. The van der Waals surface area contributed by atoms with Gasteiger partial charge in [0, 0.05) is 13.2 Å². The SMILES string of the molecule is C/N=C(/Cl)c1cnc(Cl)c(F)c1/N=C/Cl. The second-order valence-electron chi connectivity index (χ2n) is 2.37. The lowest BCUT2D eigenvalue weighted by atomic mass is 10.2. The second-order valence-corrected chi connectivity index (χ2v) is 3.28. The number of hydrogen-bond acceptors (Lipinski definition) is 3. The normalized spacial score (nSPS) is 12.5. The number of hydrogen-bond donors (Lipinski definition) is 0. The van der Waals surface area contributed by atoms with Gasteiger partial charge in [-0.15, -0.1) is 0 Å². The molecule has 1 aromatic rings. The molecule has 80 valence electrons. The number of pyridine rings is 1. The number of nitrogens with zero attached hydrogens (tertiary/aromatic N) is 3. The van der Waals surface area contributed by atoms with Crippen LogP contribution in [0.5, 0.6) is 0 Å². The van der Waals surface area contributed by atoms with Crippen LogP contribution >= 0.6 is 34.8 Å². The maximum Gasteiger partial charge on any atom is 0.186 e. The molecule has 0 aliphatic rings. The molecule has 0 fully saturated rings. The molecule has 0 saturated carbocycles. The molecule has 0 unspecified atom stereocenters. The average Bonchev–Trinajstić information content (AvgIpc) is 2.24. The highest BCUT2D eigenvalue weighted by Crippen LogP contribution is 2.28. The molecule has 0 spiro atoms. The fourth-order valence-electron chi connectivity index (χ4n) is 0.901. The van der Waals surface area contributed by atoms with E-state index in [0.29, 0.717) is 0 Å². The van der Waals surface area contributed by atoms with E-state index in [1.807, 2.05) is 0 Å². The zero-order valence-corrected chi connectivity index (χ0v) is 9.78. The highest BCUT2D eigenvalue weighted by Gasteiger charge is 2.15. The minimum absolute atomic E-state index is 0.0790. The van der Waals surface area contributed by atoms with Crippen LogP contribution in [0.4, 0.5) is 10.1 Å². The summed E-state index contributed by atoms with van der Waals surface area (Å²) in [4.78, 5) is 10.9. The van der Waals surface area contributed by atoms with E-state index in [4.69, 9.17) is 34.8 Å². The number of rotatable bonds is 2. The van der Waals surface area contributed by atoms with Crippen molar-refractivity contribution in [1.29, 1.82) is 0 Å². The van der Waals surface area contributed by atoms with Crippen molar-refractivity contribution < 1.29 is 4.39 Å². The van der Waals surface area contributed by atoms with Gasteiger partial charge >= 0.3 is 0 Å². The predicted octanol–water partition coefficient (Wildman–Crippen LogP) is 3.39. The lowest BCUT2D eigenvalue weighted by Crippen LogP contribution is -1.97. The second kappa shape index (κ2) is 5.39. The van der Waals surface area contributed by atoms with Crippen molar-refractivity contribution in [3.05, 3.63) is 22.7 Å². The van der Waals surface area contributed by atoms with E-state index in [9.17, 15) is 4.39 Å². The summed E-state index contributed by atoms with van der Waals surface area (Å²) in [6.07, 6.45) is 1.28. The Morgan fingerprint density at radius 3 is 2.80 bits per heavy atom. The lowest BCUT2D eigenvalue weighted by molar-refractivity contribution is 0.624. The Labute approximate surface area is 101 Å². The Hall–Kier alpha value is -0.710. The van der Waals surface area contributed by atoms with Crippen molar-refractivity contribution in [2.45, 2.75) is 0 Å². The first-order valence-electron chi connectivity index (χ1n) is 3.71. The summed E-state index contributed by atoms with van der Waals surface area (Å²) in [6.45, 7) is 0. The lowest BCUT2D eigenvalue weighted by Gasteiger charge is -2.04. The van der Waals surface area contributed by atoms with Crippen molar-refractivity contribution in [3.8, 4) is 0 Å². The first kappa shape index (κ1) is 12.4. The van der Waals surface area contributed by atoms with Crippen LogP contribution < -0.4 is 0 Å². The molecule has 1 rings (SSSR count). The maximum absolute atomic E-state index is 13.5. The van der Waals surface area contributed by atoms with Gasteiger partial charge in [0.05, 0.1) is 11.2 Å². The van der Waals surface area contributed by atoms with Gasteiger partial charge in [-0.1, -0.05) is 34.8 Å². The molecule has 0 radical (unpaired) electrons. The van der Waals surface area contributed by atoms with Crippen LogP contribution in [0.25, 0.3) is 0 Å². The highest BCUT2D eigenvalue weighted by atomic mass is 35.5. The molecule has 1 heterocycles. The fraction of sp³-hybridized carbons (Fsp3) is 0.125. The van der Waals surface area contributed by atoms with Crippen molar-refractivity contribution in [1.82, 2.24) is 4.98 Å². The minimum atomic E-state index is -0.784. The quantitative estimate of drug-likeness (QED) is 0.598. The van der Waals surface area contributed by atoms with Gasteiger partial charge in [0.25, 0.3) is 0 Å². The smallest absolute Gasteiger partial charge is 0.186 e. The summed E-state index contributed by atoms with van der Waals surface area (Å²) >= 11 is 16.5. The highest BCUT2D eigenvalue weighted by molar-refractivity contribution is 6.70. The van der Waals surface area contributed by atoms with Crippen molar-refractivity contribution >= 4 is 51.3 Å². The average molecular weight is 269 g/mol. The minimum Gasteiger partial charge on any atom is -0.276 e. The molecule has 0 atom stereocenters. The van der Waals surface area contributed by atoms with E-state index >= 15 is 0 Å². The summed E-state index contributed by atoms with van der Waals surface area (Å²) in [5, 5.41) is -0.216. The molecule has 15 heavy (non-hydrogen) atoms. The van der Waals surface area contributed by atoms with Gasteiger partial charge in [-0.25, -0.2) is 14.4 Å². The van der Waals surface area contributed by atoms with Crippen molar-refractivity contribution in [2.24, 2.45) is 9.98 Å². The summed E-state index contributed by atoms with van der Waals surface area (Å²) in [6, 6.07) is 0. The number of halogens is 4. The van der Waals surface area contributed by atoms with Crippen LogP contribution in [0.3, 0.4) is 0 Å². The van der Waals surface area contributed by atoms with Crippen LogP contribution in [-0.2, 0) is 0 Å². The third-order valence-electron chi connectivity index (χ3n) is 1.55. The van der Waals surface area contributed by atoms with Gasteiger partial charge in [-0.2, -0.15) is 0 Å². The topological polar surface area (TPSA) is 37.6 Å². The van der Waals surface area contributed by atoms with Crippen LogP contribution in [0.15, 0.2) is 16.2 Å². The Kier molecular flexibility index (Phi) is 4.45. The molecule has 0 amide bonds. The maximum atomic E-state index is 13.5. The monoisotopic (exact) mass is 267 g/mol. The summed E-state index contributed by atoms with van der Waals surface area (Å²) in [5.74, 6) is -0.784. The van der Waals surface area contributed by atoms with Gasteiger partial charge in [-0.3, -0.25) is 4.99 Å².